The summed E-state index contributed by atoms with van der Waals surface area (Å²) in [5.41, 5.74) is 9.83. The average Bonchev–Trinajstić information content (AvgIpc) is 2.35. The van der Waals surface area contributed by atoms with Crippen LogP contribution in [0.1, 0.15) is 63.5 Å². The highest BCUT2D eigenvalue weighted by Crippen LogP contribution is 2.59. The van der Waals surface area contributed by atoms with Crippen LogP contribution in [0.15, 0.2) is 24.3 Å². The molecule has 1 aromatic carbocycles. The van der Waals surface area contributed by atoms with Crippen molar-refractivity contribution in [3.63, 3.8) is 0 Å². The normalized spacial score (nSPS) is 20.0. The first-order chi connectivity index (χ1) is 9.10. The molecule has 1 aliphatic carbocycles. The second kappa shape index (κ2) is 5.66. The first-order valence-electron chi connectivity index (χ1n) is 7.87. The predicted octanol–water partition coefficient (Wildman–Crippen LogP) is 4.57. The zero-order valence-electron chi connectivity index (χ0n) is 12.8. The Bertz CT molecular complexity index is 407. The fourth-order valence-electron chi connectivity index (χ4n) is 4.36. The van der Waals surface area contributed by atoms with Gasteiger partial charge in [0.05, 0.1) is 0 Å². The van der Waals surface area contributed by atoms with Gasteiger partial charge in [-0.1, -0.05) is 56.5 Å². The van der Waals surface area contributed by atoms with Crippen molar-refractivity contribution in [2.75, 3.05) is 6.54 Å². The van der Waals surface area contributed by atoms with E-state index in [1.165, 1.54) is 49.7 Å². The molecule has 0 radical (unpaired) electrons. The largest absolute Gasteiger partial charge is 0.330 e. The smallest absolute Gasteiger partial charge is 0.00862 e. The standard InChI is InChI=1S/C18H29N/c1-4-9-17(10-5-2)12-18(13-17,14-19)16-8-6-7-15(3)11-16/h6-8,11H,4-5,9-10,12-14,19H2,1-3H3. The molecule has 0 atom stereocenters. The van der Waals surface area contributed by atoms with Crippen LogP contribution in [0.3, 0.4) is 0 Å². The second-order valence-corrected chi connectivity index (χ2v) is 6.71. The number of hydrogen-bond donors (Lipinski definition) is 1. The lowest BCUT2D eigenvalue weighted by Gasteiger charge is -2.57. The summed E-state index contributed by atoms with van der Waals surface area (Å²) in [6.45, 7) is 7.60. The molecule has 0 saturated heterocycles. The lowest BCUT2D eigenvalue weighted by molar-refractivity contribution is 0.00781. The highest BCUT2D eigenvalue weighted by Gasteiger charge is 2.53. The summed E-state index contributed by atoms with van der Waals surface area (Å²) in [6, 6.07) is 8.98. The Labute approximate surface area is 118 Å². The van der Waals surface area contributed by atoms with Crippen molar-refractivity contribution in [2.24, 2.45) is 11.1 Å². The van der Waals surface area contributed by atoms with E-state index in [4.69, 9.17) is 5.73 Å². The van der Waals surface area contributed by atoms with Crippen molar-refractivity contribution in [2.45, 2.75) is 64.7 Å². The molecule has 2 N–H and O–H groups in total. The molecule has 106 valence electrons. The van der Waals surface area contributed by atoms with Crippen LogP contribution in [-0.4, -0.2) is 6.54 Å². The predicted molar refractivity (Wildman–Crippen MR) is 83.4 cm³/mol. The first-order valence-corrected chi connectivity index (χ1v) is 7.87. The van der Waals surface area contributed by atoms with Crippen LogP contribution in [0, 0.1) is 12.3 Å². The lowest BCUT2D eigenvalue weighted by atomic mass is 9.48. The van der Waals surface area contributed by atoms with E-state index in [0.717, 1.165) is 6.54 Å². The molecule has 19 heavy (non-hydrogen) atoms. The Morgan fingerprint density at radius 1 is 1.11 bits per heavy atom. The highest BCUT2D eigenvalue weighted by atomic mass is 14.7. The first kappa shape index (κ1) is 14.6. The van der Waals surface area contributed by atoms with E-state index >= 15 is 0 Å². The highest BCUT2D eigenvalue weighted by molar-refractivity contribution is 5.34. The van der Waals surface area contributed by atoms with E-state index in [1.807, 2.05) is 0 Å². The van der Waals surface area contributed by atoms with Crippen molar-refractivity contribution in [1.82, 2.24) is 0 Å². The number of rotatable bonds is 6. The van der Waals surface area contributed by atoms with Crippen molar-refractivity contribution in [3.8, 4) is 0 Å². The molecule has 0 amide bonds. The van der Waals surface area contributed by atoms with Crippen LogP contribution in [0.4, 0.5) is 0 Å². The van der Waals surface area contributed by atoms with Gasteiger partial charge in [-0.25, -0.2) is 0 Å². The zero-order chi connectivity index (χ0) is 13.9. The Balaban J connectivity index is 2.19. The van der Waals surface area contributed by atoms with Crippen LogP contribution >= 0.6 is 0 Å². The van der Waals surface area contributed by atoms with Gasteiger partial charge in [0.15, 0.2) is 0 Å². The lowest BCUT2D eigenvalue weighted by Crippen LogP contribution is -2.53. The van der Waals surface area contributed by atoms with Gasteiger partial charge >= 0.3 is 0 Å². The molecule has 1 saturated carbocycles. The van der Waals surface area contributed by atoms with Gasteiger partial charge in [-0.2, -0.15) is 0 Å². The third-order valence-electron chi connectivity index (χ3n) is 5.01. The summed E-state index contributed by atoms with van der Waals surface area (Å²) >= 11 is 0. The van der Waals surface area contributed by atoms with Gasteiger partial charge < -0.3 is 5.73 Å². The minimum atomic E-state index is 0.260. The SMILES string of the molecule is CCCC1(CCC)CC(CN)(c2cccc(C)c2)C1. The molecule has 1 aromatic rings. The molecular formula is C18H29N. The van der Waals surface area contributed by atoms with E-state index in [1.54, 1.807) is 0 Å². The van der Waals surface area contributed by atoms with E-state index in [0.29, 0.717) is 5.41 Å². The molecule has 0 aliphatic heterocycles. The summed E-state index contributed by atoms with van der Waals surface area (Å²) in [6.07, 6.45) is 7.93. The zero-order valence-corrected chi connectivity index (χ0v) is 12.8. The molecular weight excluding hydrogens is 230 g/mol. The van der Waals surface area contributed by atoms with Gasteiger partial charge in [-0.3, -0.25) is 0 Å². The van der Waals surface area contributed by atoms with Crippen LogP contribution in [0.2, 0.25) is 0 Å². The summed E-state index contributed by atoms with van der Waals surface area (Å²) in [4.78, 5) is 0. The van der Waals surface area contributed by atoms with E-state index < -0.39 is 0 Å². The maximum Gasteiger partial charge on any atom is 0.00862 e. The Kier molecular flexibility index (Phi) is 4.35. The van der Waals surface area contributed by atoms with Gasteiger partial charge in [-0.15, -0.1) is 0 Å². The molecule has 0 bridgehead atoms. The number of nitrogens with two attached hydrogens (primary N) is 1. The van der Waals surface area contributed by atoms with E-state index in [9.17, 15) is 0 Å². The molecule has 1 heteroatoms. The topological polar surface area (TPSA) is 26.0 Å². The number of hydrogen-bond acceptors (Lipinski definition) is 1. The van der Waals surface area contributed by atoms with Crippen LogP contribution in [0.5, 0.6) is 0 Å². The Hall–Kier alpha value is -0.820. The van der Waals surface area contributed by atoms with Crippen LogP contribution in [0.25, 0.3) is 0 Å². The fraction of sp³-hybridized carbons (Fsp3) is 0.667. The third kappa shape index (κ3) is 2.72. The summed E-state index contributed by atoms with van der Waals surface area (Å²) in [5, 5.41) is 0. The van der Waals surface area contributed by atoms with Crippen molar-refractivity contribution < 1.29 is 0 Å². The summed E-state index contributed by atoms with van der Waals surface area (Å²) < 4.78 is 0. The van der Waals surface area contributed by atoms with Crippen molar-refractivity contribution in [3.05, 3.63) is 35.4 Å². The van der Waals surface area contributed by atoms with E-state index in [2.05, 4.69) is 45.0 Å². The molecule has 0 aromatic heterocycles. The summed E-state index contributed by atoms with van der Waals surface area (Å²) in [7, 11) is 0. The number of benzene rings is 1. The molecule has 0 spiro atoms. The van der Waals surface area contributed by atoms with Gasteiger partial charge in [0.1, 0.15) is 0 Å². The maximum absolute atomic E-state index is 6.16. The fourth-order valence-corrected chi connectivity index (χ4v) is 4.36. The molecule has 1 aliphatic rings. The monoisotopic (exact) mass is 259 g/mol. The minimum Gasteiger partial charge on any atom is -0.330 e. The maximum atomic E-state index is 6.16. The van der Waals surface area contributed by atoms with Gasteiger partial charge in [0.2, 0.25) is 0 Å². The minimum absolute atomic E-state index is 0.260. The third-order valence-corrected chi connectivity index (χ3v) is 5.01. The molecule has 1 nitrogen and oxygen atoms in total. The van der Waals surface area contributed by atoms with Gasteiger partial charge in [0, 0.05) is 12.0 Å². The Morgan fingerprint density at radius 3 is 2.21 bits per heavy atom. The Morgan fingerprint density at radius 2 is 1.74 bits per heavy atom. The quantitative estimate of drug-likeness (QED) is 0.795. The van der Waals surface area contributed by atoms with Crippen molar-refractivity contribution >= 4 is 0 Å². The molecule has 0 unspecified atom stereocenters. The molecule has 1 fully saturated rings. The van der Waals surface area contributed by atoms with Crippen LogP contribution in [-0.2, 0) is 5.41 Å². The van der Waals surface area contributed by atoms with Crippen LogP contribution < -0.4 is 5.73 Å². The van der Waals surface area contributed by atoms with Gasteiger partial charge in [-0.05, 0) is 43.6 Å². The summed E-state index contributed by atoms with van der Waals surface area (Å²) in [5.74, 6) is 0. The second-order valence-electron chi connectivity index (χ2n) is 6.71. The van der Waals surface area contributed by atoms with Gasteiger partial charge in [0.25, 0.3) is 0 Å². The number of aryl methyl sites for hydroxylation is 1. The average molecular weight is 259 g/mol. The van der Waals surface area contributed by atoms with E-state index in [-0.39, 0.29) is 5.41 Å². The molecule has 2 rings (SSSR count). The molecule has 0 heterocycles. The van der Waals surface area contributed by atoms with Crippen molar-refractivity contribution in [1.29, 1.82) is 0 Å².